The van der Waals surface area contributed by atoms with Crippen LogP contribution in [0.1, 0.15) is 46.2 Å². The van der Waals surface area contributed by atoms with Gasteiger partial charge in [-0.15, -0.1) is 0 Å². The maximum Gasteiger partial charge on any atom is 0.407 e. The lowest BCUT2D eigenvalue weighted by atomic mass is 9.97. The number of aromatic amines is 1. The van der Waals surface area contributed by atoms with Crippen LogP contribution in [-0.4, -0.2) is 50.2 Å². The van der Waals surface area contributed by atoms with Crippen LogP contribution in [0.15, 0.2) is 23.0 Å². The Morgan fingerprint density at radius 1 is 1.41 bits per heavy atom. The molecular weight excluding hydrogens is 400 g/mol. The molecule has 1 aromatic carbocycles. The van der Waals surface area contributed by atoms with Gasteiger partial charge in [0.2, 0.25) is 5.75 Å². The number of nitrogens with zero attached hydrogens (tertiary/aromatic N) is 2. The van der Waals surface area contributed by atoms with Crippen molar-refractivity contribution in [2.75, 3.05) is 13.1 Å². The number of hydrogen-bond donors (Lipinski definition) is 4. The maximum atomic E-state index is 12.5. The van der Waals surface area contributed by atoms with Crippen molar-refractivity contribution in [3.63, 3.8) is 0 Å². The van der Waals surface area contributed by atoms with Crippen molar-refractivity contribution in [3.05, 3.63) is 56.2 Å². The first kappa shape index (κ1) is 20.7. The molecule has 1 atom stereocenters. The van der Waals surface area contributed by atoms with E-state index in [1.165, 1.54) is 4.90 Å². The molecular formula is C19H21ClN4O5. The van der Waals surface area contributed by atoms with Crippen LogP contribution in [0, 0.1) is 6.92 Å². The largest absolute Gasteiger partial charge is 0.501 e. The minimum absolute atomic E-state index is 0.137. The Bertz CT molecular complexity index is 1010. The molecule has 0 bridgehead atoms. The smallest absolute Gasteiger partial charge is 0.407 e. The van der Waals surface area contributed by atoms with Crippen LogP contribution >= 0.6 is 11.6 Å². The van der Waals surface area contributed by atoms with E-state index in [-0.39, 0.29) is 24.8 Å². The lowest BCUT2D eigenvalue weighted by molar-refractivity contribution is 0.0940. The fraction of sp³-hybridized carbons (Fsp3) is 0.368. The number of halogens is 1. The molecule has 0 saturated carbocycles. The Balaban J connectivity index is 1.79. The van der Waals surface area contributed by atoms with Crippen LogP contribution in [0.2, 0.25) is 5.02 Å². The zero-order valence-corrected chi connectivity index (χ0v) is 16.5. The van der Waals surface area contributed by atoms with Gasteiger partial charge in [-0.05, 0) is 37.0 Å². The molecule has 29 heavy (non-hydrogen) atoms. The summed E-state index contributed by atoms with van der Waals surface area (Å²) < 4.78 is 0. The summed E-state index contributed by atoms with van der Waals surface area (Å²) in [6.45, 7) is 2.56. The molecule has 1 aliphatic rings. The number of nitrogens with one attached hydrogen (secondary N) is 2. The second-order valence-electron chi connectivity index (χ2n) is 6.98. The molecule has 1 aromatic heterocycles. The number of likely N-dealkylation sites (tertiary alicyclic amines) is 1. The van der Waals surface area contributed by atoms with Gasteiger partial charge in [-0.3, -0.25) is 9.59 Å². The number of carboxylic acid groups (broad SMARTS) is 1. The second-order valence-corrected chi connectivity index (χ2v) is 7.39. The van der Waals surface area contributed by atoms with Gasteiger partial charge in [0.05, 0.1) is 0 Å². The Hall–Kier alpha value is -3.07. The minimum Gasteiger partial charge on any atom is -0.501 e. The van der Waals surface area contributed by atoms with Crippen LogP contribution in [0.3, 0.4) is 0 Å². The van der Waals surface area contributed by atoms with E-state index in [0.717, 1.165) is 11.1 Å². The van der Waals surface area contributed by atoms with Gasteiger partial charge >= 0.3 is 6.09 Å². The lowest BCUT2D eigenvalue weighted by Gasteiger charge is -2.30. The third-order valence-electron chi connectivity index (χ3n) is 4.90. The summed E-state index contributed by atoms with van der Waals surface area (Å²) in [6.07, 6.45) is 0.170. The van der Waals surface area contributed by atoms with Gasteiger partial charge in [-0.25, -0.2) is 9.78 Å². The zero-order valence-electron chi connectivity index (χ0n) is 15.7. The van der Waals surface area contributed by atoms with Crippen molar-refractivity contribution >= 4 is 23.6 Å². The summed E-state index contributed by atoms with van der Waals surface area (Å²) in [6, 6.07) is 5.35. The third-order valence-corrected chi connectivity index (χ3v) is 5.30. The first-order valence-electron chi connectivity index (χ1n) is 9.10. The highest BCUT2D eigenvalue weighted by atomic mass is 35.5. The number of benzene rings is 1. The standard InChI is InChI=1S/C19H21ClN4O5/c1-10-4-5-11(7-13(10)20)8-21-17(26)14-15(25)18(27)23-16(22-14)12-3-2-6-24(9-12)19(28)29/h4-5,7,12,25H,2-3,6,8-9H2,1H3,(H,21,26)(H,28,29)(H,22,23,27). The number of H-pyrrole nitrogens is 1. The Labute approximate surface area is 171 Å². The molecule has 9 nitrogen and oxygen atoms in total. The van der Waals surface area contributed by atoms with E-state index < -0.39 is 29.0 Å². The third kappa shape index (κ3) is 4.68. The van der Waals surface area contributed by atoms with Crippen molar-refractivity contribution in [1.82, 2.24) is 20.2 Å². The predicted octanol–water partition coefficient (Wildman–Crippen LogP) is 2.22. The lowest BCUT2D eigenvalue weighted by Crippen LogP contribution is -2.39. The van der Waals surface area contributed by atoms with Crippen molar-refractivity contribution in [1.29, 1.82) is 0 Å². The van der Waals surface area contributed by atoms with Gasteiger partial charge in [-0.2, -0.15) is 0 Å². The summed E-state index contributed by atoms with van der Waals surface area (Å²) in [4.78, 5) is 43.7. The highest BCUT2D eigenvalue weighted by Gasteiger charge is 2.28. The molecule has 3 rings (SSSR count). The predicted molar refractivity (Wildman–Crippen MR) is 105 cm³/mol. The summed E-state index contributed by atoms with van der Waals surface area (Å²) in [5.74, 6) is -1.67. The van der Waals surface area contributed by atoms with E-state index in [2.05, 4.69) is 15.3 Å². The highest BCUT2D eigenvalue weighted by molar-refractivity contribution is 6.31. The van der Waals surface area contributed by atoms with Crippen LogP contribution in [0.4, 0.5) is 4.79 Å². The van der Waals surface area contributed by atoms with Gasteiger partial charge in [0, 0.05) is 30.6 Å². The summed E-state index contributed by atoms with van der Waals surface area (Å²) in [5, 5.41) is 22.4. The number of aryl methyl sites for hydroxylation is 1. The quantitative estimate of drug-likeness (QED) is 0.598. The van der Waals surface area contributed by atoms with Crippen LogP contribution in [0.5, 0.6) is 5.75 Å². The number of hydrogen-bond acceptors (Lipinski definition) is 5. The molecule has 0 aliphatic carbocycles. The van der Waals surface area contributed by atoms with E-state index in [1.54, 1.807) is 12.1 Å². The van der Waals surface area contributed by atoms with Crippen molar-refractivity contribution < 1.29 is 19.8 Å². The van der Waals surface area contributed by atoms with Crippen molar-refractivity contribution in [3.8, 4) is 5.75 Å². The molecule has 0 spiro atoms. The van der Waals surface area contributed by atoms with Gasteiger partial charge in [0.1, 0.15) is 5.82 Å². The number of rotatable bonds is 4. The second kappa shape index (κ2) is 8.52. The summed E-state index contributed by atoms with van der Waals surface area (Å²) in [7, 11) is 0. The SMILES string of the molecule is Cc1ccc(CNC(=O)c2nc(C3CCCN(C(=O)O)C3)[nH]c(=O)c2O)cc1Cl. The minimum atomic E-state index is -1.05. The summed E-state index contributed by atoms with van der Waals surface area (Å²) in [5.41, 5.74) is 0.423. The summed E-state index contributed by atoms with van der Waals surface area (Å²) >= 11 is 6.08. The molecule has 1 unspecified atom stereocenters. The molecule has 2 aromatic rings. The van der Waals surface area contributed by atoms with Crippen molar-refractivity contribution in [2.45, 2.75) is 32.2 Å². The Morgan fingerprint density at radius 2 is 2.17 bits per heavy atom. The molecule has 2 amide bonds. The fourth-order valence-corrected chi connectivity index (χ4v) is 3.43. The molecule has 2 heterocycles. The van der Waals surface area contributed by atoms with E-state index >= 15 is 0 Å². The Kier molecular flexibility index (Phi) is 6.07. The fourth-order valence-electron chi connectivity index (χ4n) is 3.22. The Morgan fingerprint density at radius 3 is 2.86 bits per heavy atom. The van der Waals surface area contributed by atoms with E-state index in [1.807, 2.05) is 13.0 Å². The molecule has 10 heteroatoms. The monoisotopic (exact) mass is 420 g/mol. The first-order valence-corrected chi connectivity index (χ1v) is 9.48. The topological polar surface area (TPSA) is 136 Å². The average Bonchev–Trinajstić information content (AvgIpc) is 2.70. The van der Waals surface area contributed by atoms with Gasteiger partial charge in [-0.1, -0.05) is 23.7 Å². The van der Waals surface area contributed by atoms with Crippen LogP contribution in [-0.2, 0) is 6.54 Å². The highest BCUT2D eigenvalue weighted by Crippen LogP contribution is 2.25. The molecule has 154 valence electrons. The van der Waals surface area contributed by atoms with Crippen LogP contribution < -0.4 is 10.9 Å². The molecule has 0 radical (unpaired) electrons. The average molecular weight is 421 g/mol. The van der Waals surface area contributed by atoms with Crippen LogP contribution in [0.25, 0.3) is 0 Å². The van der Waals surface area contributed by atoms with E-state index in [0.29, 0.717) is 24.4 Å². The first-order chi connectivity index (χ1) is 13.8. The number of amides is 2. The molecule has 1 saturated heterocycles. The van der Waals surface area contributed by atoms with Gasteiger partial charge in [0.15, 0.2) is 5.69 Å². The van der Waals surface area contributed by atoms with E-state index in [4.69, 9.17) is 11.6 Å². The molecule has 1 aliphatic heterocycles. The van der Waals surface area contributed by atoms with Crippen molar-refractivity contribution in [2.24, 2.45) is 0 Å². The number of aromatic nitrogens is 2. The number of carbonyl (C=O) groups excluding carboxylic acids is 1. The van der Waals surface area contributed by atoms with E-state index in [9.17, 15) is 24.6 Å². The zero-order chi connectivity index (χ0) is 21.1. The maximum absolute atomic E-state index is 12.5. The number of aromatic hydroxyl groups is 1. The van der Waals surface area contributed by atoms with Gasteiger partial charge in [0.25, 0.3) is 11.5 Å². The molecule has 4 N–H and O–H groups in total. The molecule has 1 fully saturated rings. The normalized spacial score (nSPS) is 16.5. The van der Waals surface area contributed by atoms with Gasteiger partial charge < -0.3 is 25.4 Å². The number of piperidine rings is 1. The number of carbonyl (C=O) groups is 2.